The van der Waals surface area contributed by atoms with Gasteiger partial charge in [0.25, 0.3) is 11.5 Å². The summed E-state index contributed by atoms with van der Waals surface area (Å²) < 4.78 is 0. The van der Waals surface area contributed by atoms with Gasteiger partial charge in [0.15, 0.2) is 0 Å². The molecule has 3 rings (SSSR count). The van der Waals surface area contributed by atoms with Crippen molar-refractivity contribution in [3.63, 3.8) is 0 Å². The molecule has 0 saturated carbocycles. The fourth-order valence-corrected chi connectivity index (χ4v) is 4.44. The highest BCUT2D eigenvalue weighted by Gasteiger charge is 2.34. The maximum Gasteiger partial charge on any atom is 0.322 e. The number of aromatic nitrogens is 2. The summed E-state index contributed by atoms with van der Waals surface area (Å²) in [6.45, 7) is 10.8. The quantitative estimate of drug-likeness (QED) is 0.288. The van der Waals surface area contributed by atoms with Crippen molar-refractivity contribution in [2.75, 3.05) is 6.54 Å². The van der Waals surface area contributed by atoms with Crippen LogP contribution in [0.3, 0.4) is 0 Å². The minimum Gasteiger partial charge on any atom is -0.480 e. The largest absolute Gasteiger partial charge is 0.480 e. The van der Waals surface area contributed by atoms with Crippen molar-refractivity contribution in [1.29, 1.82) is 0 Å². The molecule has 3 unspecified atom stereocenters. The van der Waals surface area contributed by atoms with Crippen molar-refractivity contribution in [3.05, 3.63) is 46.0 Å². The number of aryl methyl sites for hydroxylation is 1. The maximum atomic E-state index is 13.3. The predicted octanol–water partition coefficient (Wildman–Crippen LogP) is 1.75. The van der Waals surface area contributed by atoms with Gasteiger partial charge in [-0.05, 0) is 57.2 Å². The molecule has 2 heterocycles. The number of carboxylic acid groups (broad SMARTS) is 1. The molecular weight excluding hydrogens is 528 g/mol. The van der Waals surface area contributed by atoms with Gasteiger partial charge in [-0.1, -0.05) is 39.0 Å². The van der Waals surface area contributed by atoms with Crippen LogP contribution < -0.4 is 21.6 Å². The molecule has 1 aliphatic rings. The Morgan fingerprint density at radius 2 is 1.90 bits per heavy atom. The molecule has 2 aromatic rings. The summed E-state index contributed by atoms with van der Waals surface area (Å²) in [6, 6.07) is 2.54. The molecular formula is C29H40N6O6. The van der Waals surface area contributed by atoms with E-state index in [-0.39, 0.29) is 17.4 Å². The first-order chi connectivity index (χ1) is 19.2. The Bertz CT molecular complexity index is 1400. The van der Waals surface area contributed by atoms with Crippen LogP contribution in [0.1, 0.15) is 65.8 Å². The molecule has 1 saturated heterocycles. The smallest absolute Gasteiger partial charge is 0.322 e. The Balaban J connectivity index is 1.67. The second kappa shape index (κ2) is 13.1. The summed E-state index contributed by atoms with van der Waals surface area (Å²) >= 11 is 0. The molecule has 0 bridgehead atoms. The lowest BCUT2D eigenvalue weighted by Crippen LogP contribution is -2.61. The monoisotopic (exact) mass is 568 g/mol. The van der Waals surface area contributed by atoms with Gasteiger partial charge in [-0.25, -0.2) is 10.4 Å². The van der Waals surface area contributed by atoms with Crippen LogP contribution in [0.15, 0.2) is 29.1 Å². The summed E-state index contributed by atoms with van der Waals surface area (Å²) in [5.41, 5.74) is 2.82. The number of carbonyl (C=O) groups is 4. The van der Waals surface area contributed by atoms with E-state index in [1.165, 1.54) is 11.9 Å². The average Bonchev–Trinajstić information content (AvgIpc) is 2.93. The Labute approximate surface area is 239 Å². The molecule has 0 spiro atoms. The number of benzene rings is 1. The number of nitrogens with one attached hydrogen (secondary N) is 4. The van der Waals surface area contributed by atoms with E-state index in [2.05, 4.69) is 26.0 Å². The lowest BCUT2D eigenvalue weighted by molar-refractivity contribution is -0.148. The van der Waals surface area contributed by atoms with Crippen LogP contribution in [-0.2, 0) is 25.6 Å². The first-order valence-electron chi connectivity index (χ1n) is 13.9. The third-order valence-corrected chi connectivity index (χ3v) is 7.11. The SMILES string of the molecule is CCc1nc2cc(/C=C/C(C)(C)C(=O)NC(C(=O)NC(C)C(=O)N3CCCC(C(=O)O)N3)C(C)C)ccc2c(=O)[nH]1. The molecule has 1 aliphatic heterocycles. The molecule has 12 nitrogen and oxygen atoms in total. The third-order valence-electron chi connectivity index (χ3n) is 7.11. The highest BCUT2D eigenvalue weighted by atomic mass is 16.4. The molecule has 3 atom stereocenters. The lowest BCUT2D eigenvalue weighted by Gasteiger charge is -2.34. The first kappa shape index (κ1) is 31.5. The number of hydrogen-bond donors (Lipinski definition) is 5. The summed E-state index contributed by atoms with van der Waals surface area (Å²) in [4.78, 5) is 70.1. The van der Waals surface area contributed by atoms with Gasteiger partial charge < -0.3 is 20.7 Å². The lowest BCUT2D eigenvalue weighted by atomic mass is 9.89. The number of aromatic amines is 1. The minimum atomic E-state index is -1.04. The fraction of sp³-hybridized carbons (Fsp3) is 0.517. The number of rotatable bonds is 10. The normalized spacial score (nSPS) is 17.4. The summed E-state index contributed by atoms with van der Waals surface area (Å²) in [7, 11) is 0. The highest BCUT2D eigenvalue weighted by molar-refractivity contribution is 5.94. The average molecular weight is 569 g/mol. The Kier molecular flexibility index (Phi) is 10.0. The number of carboxylic acids is 1. The maximum absolute atomic E-state index is 13.3. The Hall–Kier alpha value is -4.06. The molecule has 41 heavy (non-hydrogen) atoms. The predicted molar refractivity (Wildman–Crippen MR) is 154 cm³/mol. The second-order valence-corrected chi connectivity index (χ2v) is 11.3. The van der Waals surface area contributed by atoms with Gasteiger partial charge in [-0.3, -0.25) is 29.0 Å². The van der Waals surface area contributed by atoms with Crippen molar-refractivity contribution >= 4 is 40.7 Å². The van der Waals surface area contributed by atoms with Gasteiger partial charge in [-0.15, -0.1) is 0 Å². The molecule has 3 amide bonds. The van der Waals surface area contributed by atoms with Crippen molar-refractivity contribution in [1.82, 2.24) is 31.0 Å². The molecule has 5 N–H and O–H groups in total. The van der Waals surface area contributed by atoms with E-state index in [1.54, 1.807) is 58.0 Å². The van der Waals surface area contributed by atoms with Crippen LogP contribution >= 0.6 is 0 Å². The zero-order valence-corrected chi connectivity index (χ0v) is 24.4. The number of carbonyl (C=O) groups excluding carboxylic acids is 3. The van der Waals surface area contributed by atoms with E-state index >= 15 is 0 Å². The topological polar surface area (TPSA) is 174 Å². The molecule has 1 aromatic heterocycles. The minimum absolute atomic E-state index is 0.201. The third kappa shape index (κ3) is 7.78. The standard InChI is InChI=1S/C29H40N6O6/c1-7-22-31-21-15-18(10-11-19(21)24(36)32-22)12-13-29(5,6)28(41)33-23(16(2)3)25(37)30-17(4)26(38)35-14-8-9-20(34-35)27(39)40/h10-13,15-17,20,23,34H,7-9,14H2,1-6H3,(H,30,37)(H,33,41)(H,39,40)(H,31,32,36)/b13-12+. The molecule has 0 radical (unpaired) electrons. The van der Waals surface area contributed by atoms with E-state index < -0.39 is 41.3 Å². The van der Waals surface area contributed by atoms with E-state index in [4.69, 9.17) is 0 Å². The van der Waals surface area contributed by atoms with Crippen LogP contribution in [-0.4, -0.2) is 68.4 Å². The molecule has 0 aliphatic carbocycles. The number of hydrazine groups is 1. The summed E-state index contributed by atoms with van der Waals surface area (Å²) in [5.74, 6) is -2.08. The Morgan fingerprint density at radius 3 is 2.54 bits per heavy atom. The van der Waals surface area contributed by atoms with Crippen LogP contribution in [0.5, 0.6) is 0 Å². The van der Waals surface area contributed by atoms with E-state index in [1.807, 2.05) is 6.92 Å². The molecule has 1 fully saturated rings. The first-order valence-corrected chi connectivity index (χ1v) is 13.9. The second-order valence-electron chi connectivity index (χ2n) is 11.3. The van der Waals surface area contributed by atoms with Gasteiger partial charge in [0.2, 0.25) is 11.8 Å². The fourth-order valence-electron chi connectivity index (χ4n) is 4.44. The van der Waals surface area contributed by atoms with Gasteiger partial charge >= 0.3 is 5.97 Å². The number of hydrogen-bond acceptors (Lipinski definition) is 7. The molecule has 222 valence electrons. The van der Waals surface area contributed by atoms with Crippen molar-refractivity contribution in [2.24, 2.45) is 11.3 Å². The zero-order chi connectivity index (χ0) is 30.5. The van der Waals surface area contributed by atoms with Crippen molar-refractivity contribution < 1.29 is 24.3 Å². The van der Waals surface area contributed by atoms with Gasteiger partial charge in [-0.2, -0.15) is 0 Å². The zero-order valence-electron chi connectivity index (χ0n) is 24.4. The van der Waals surface area contributed by atoms with Crippen molar-refractivity contribution in [3.8, 4) is 0 Å². The van der Waals surface area contributed by atoms with Crippen LogP contribution in [0.25, 0.3) is 17.0 Å². The van der Waals surface area contributed by atoms with Gasteiger partial charge in [0.1, 0.15) is 23.9 Å². The summed E-state index contributed by atoms with van der Waals surface area (Å²) in [6.07, 6.45) is 5.02. The molecule has 1 aromatic carbocycles. The number of aliphatic carboxylic acids is 1. The Morgan fingerprint density at radius 1 is 1.20 bits per heavy atom. The summed E-state index contributed by atoms with van der Waals surface area (Å²) in [5, 5.41) is 16.4. The van der Waals surface area contributed by atoms with E-state index in [0.717, 1.165) is 5.56 Å². The van der Waals surface area contributed by atoms with Crippen LogP contribution in [0.2, 0.25) is 0 Å². The van der Waals surface area contributed by atoms with Crippen LogP contribution in [0.4, 0.5) is 0 Å². The number of fused-ring (bicyclic) bond motifs is 1. The number of amides is 3. The van der Waals surface area contributed by atoms with Crippen LogP contribution in [0, 0.1) is 11.3 Å². The number of H-pyrrole nitrogens is 1. The van der Waals surface area contributed by atoms with Crippen molar-refractivity contribution in [2.45, 2.75) is 78.9 Å². The van der Waals surface area contributed by atoms with Gasteiger partial charge in [0, 0.05) is 13.0 Å². The van der Waals surface area contributed by atoms with E-state index in [0.29, 0.717) is 42.5 Å². The van der Waals surface area contributed by atoms with Gasteiger partial charge in [0.05, 0.1) is 16.3 Å². The number of nitrogens with zero attached hydrogens (tertiary/aromatic N) is 2. The molecule has 12 heteroatoms. The highest BCUT2D eigenvalue weighted by Crippen LogP contribution is 2.22. The van der Waals surface area contributed by atoms with E-state index in [9.17, 15) is 29.1 Å².